The van der Waals surface area contributed by atoms with Crippen LogP contribution in [0.5, 0.6) is 0 Å². The van der Waals surface area contributed by atoms with Crippen LogP contribution in [0.4, 0.5) is 0 Å². The third kappa shape index (κ3) is 1.91. The minimum absolute atomic E-state index is 0.0150. The number of fused-ring (bicyclic) bond motifs is 5. The van der Waals surface area contributed by atoms with E-state index >= 15 is 0 Å². The van der Waals surface area contributed by atoms with Crippen molar-refractivity contribution >= 4 is 16.9 Å². The van der Waals surface area contributed by atoms with E-state index in [0.717, 1.165) is 27.9 Å². The van der Waals surface area contributed by atoms with Crippen molar-refractivity contribution < 1.29 is 14.3 Å². The number of aromatic nitrogens is 2. The molecule has 6 heteroatoms. The molecule has 0 spiro atoms. The zero-order chi connectivity index (χ0) is 17.1. The Bertz CT molecular complexity index is 1120. The lowest BCUT2D eigenvalue weighted by Crippen LogP contribution is -2.33. The number of pyridine rings is 2. The van der Waals surface area contributed by atoms with Crippen LogP contribution in [-0.4, -0.2) is 22.6 Å². The molecule has 0 fully saturated rings. The summed E-state index contributed by atoms with van der Waals surface area (Å²) in [6.07, 6.45) is -0.869. The summed E-state index contributed by atoms with van der Waals surface area (Å²) in [5.41, 5.74) is 4.30. The van der Waals surface area contributed by atoms with Gasteiger partial charge in [-0.3, -0.25) is 4.79 Å². The molecule has 4 heterocycles. The second-order valence-electron chi connectivity index (χ2n) is 6.27. The summed E-state index contributed by atoms with van der Waals surface area (Å²) >= 11 is 0. The fraction of sp³-hybridized carbons (Fsp3) is 0.211. The van der Waals surface area contributed by atoms with Crippen LogP contribution < -0.4 is 5.56 Å². The molecular weight excluding hydrogens is 320 g/mol. The van der Waals surface area contributed by atoms with Gasteiger partial charge in [0.25, 0.3) is 5.56 Å². The van der Waals surface area contributed by atoms with Crippen LogP contribution in [0.25, 0.3) is 22.3 Å². The second-order valence-corrected chi connectivity index (χ2v) is 6.27. The highest BCUT2D eigenvalue weighted by atomic mass is 16.6. The Morgan fingerprint density at radius 2 is 2.08 bits per heavy atom. The standard InChI is InChI=1S/C19H14N2O4/c1-24-17-12-7-15-16-11(6-10-4-2-3-5-14(10)20-16)8-21(15)18(22)13(12)9-25-19(17)23/h2-7,17H,8-9H2,1H3/t17-/m0/s1. The Morgan fingerprint density at radius 3 is 2.92 bits per heavy atom. The van der Waals surface area contributed by atoms with Gasteiger partial charge >= 0.3 is 5.97 Å². The number of nitrogens with zero attached hydrogens (tertiary/aromatic N) is 2. The molecule has 2 aromatic heterocycles. The molecule has 2 aliphatic rings. The highest BCUT2D eigenvalue weighted by Crippen LogP contribution is 2.35. The first-order chi connectivity index (χ1) is 12.2. The van der Waals surface area contributed by atoms with Crippen LogP contribution in [0, 0.1) is 0 Å². The maximum Gasteiger partial charge on any atom is 0.340 e. The van der Waals surface area contributed by atoms with Crippen LogP contribution in [0.2, 0.25) is 0 Å². The molecule has 0 saturated carbocycles. The normalized spacial score (nSPS) is 17.8. The van der Waals surface area contributed by atoms with Crippen molar-refractivity contribution in [3.63, 3.8) is 0 Å². The van der Waals surface area contributed by atoms with Crippen LogP contribution in [0.15, 0.2) is 41.2 Å². The third-order valence-electron chi connectivity index (χ3n) is 4.90. The van der Waals surface area contributed by atoms with Crippen molar-refractivity contribution in [1.29, 1.82) is 0 Å². The summed E-state index contributed by atoms with van der Waals surface area (Å²) in [5.74, 6) is -0.468. The first kappa shape index (κ1) is 14.4. The maximum absolute atomic E-state index is 12.9. The summed E-state index contributed by atoms with van der Waals surface area (Å²) in [6, 6.07) is 11.8. The third-order valence-corrected chi connectivity index (χ3v) is 4.90. The molecule has 0 radical (unpaired) electrons. The highest BCUT2D eigenvalue weighted by molar-refractivity contribution is 5.84. The number of carbonyl (C=O) groups is 1. The van der Waals surface area contributed by atoms with E-state index < -0.39 is 12.1 Å². The lowest BCUT2D eigenvalue weighted by atomic mass is 10.0. The topological polar surface area (TPSA) is 70.4 Å². The van der Waals surface area contributed by atoms with Crippen molar-refractivity contribution in [2.75, 3.05) is 7.11 Å². The predicted octanol–water partition coefficient (Wildman–Crippen LogP) is 2.17. The Morgan fingerprint density at radius 1 is 1.24 bits per heavy atom. The number of ether oxygens (including phenoxy) is 2. The van der Waals surface area contributed by atoms with E-state index in [-0.39, 0.29) is 12.2 Å². The van der Waals surface area contributed by atoms with E-state index in [9.17, 15) is 9.59 Å². The number of methoxy groups -OCH3 is 1. The minimum atomic E-state index is -0.869. The second kappa shape index (κ2) is 5.00. The van der Waals surface area contributed by atoms with Crippen molar-refractivity contribution in [2.45, 2.75) is 19.3 Å². The first-order valence-electron chi connectivity index (χ1n) is 8.02. The molecule has 25 heavy (non-hydrogen) atoms. The van der Waals surface area contributed by atoms with Crippen LogP contribution in [-0.2, 0) is 27.4 Å². The monoisotopic (exact) mass is 334 g/mol. The Hall–Kier alpha value is -2.99. The number of cyclic esters (lactones) is 1. The molecule has 0 N–H and O–H groups in total. The number of hydrogen-bond acceptors (Lipinski definition) is 5. The molecule has 124 valence electrons. The van der Waals surface area contributed by atoms with E-state index in [4.69, 9.17) is 14.5 Å². The minimum Gasteiger partial charge on any atom is -0.458 e. The number of para-hydroxylation sites is 1. The number of carbonyl (C=O) groups excluding carboxylic acids is 1. The van der Waals surface area contributed by atoms with Gasteiger partial charge in [0.05, 0.1) is 29.0 Å². The summed E-state index contributed by atoms with van der Waals surface area (Å²) in [4.78, 5) is 29.6. The molecule has 6 nitrogen and oxygen atoms in total. The molecule has 0 bridgehead atoms. The summed E-state index contributed by atoms with van der Waals surface area (Å²) < 4.78 is 12.1. The molecule has 3 aromatic rings. The Labute approximate surface area is 142 Å². The van der Waals surface area contributed by atoms with E-state index in [1.54, 1.807) is 4.57 Å². The number of rotatable bonds is 1. The molecule has 0 aliphatic carbocycles. The van der Waals surface area contributed by atoms with Gasteiger partial charge in [-0.2, -0.15) is 0 Å². The summed E-state index contributed by atoms with van der Waals surface area (Å²) in [5, 5.41) is 1.04. The van der Waals surface area contributed by atoms with E-state index in [2.05, 4.69) is 6.07 Å². The lowest BCUT2D eigenvalue weighted by molar-refractivity contribution is -0.159. The molecule has 5 rings (SSSR count). The number of esters is 1. The van der Waals surface area contributed by atoms with Crippen molar-refractivity contribution in [2.24, 2.45) is 0 Å². The van der Waals surface area contributed by atoms with Gasteiger partial charge in [0.1, 0.15) is 6.61 Å². The smallest absolute Gasteiger partial charge is 0.340 e. The summed E-state index contributed by atoms with van der Waals surface area (Å²) in [6.45, 7) is 0.457. The molecule has 0 amide bonds. The highest BCUT2D eigenvalue weighted by Gasteiger charge is 2.34. The Kier molecular flexibility index (Phi) is 2.87. The van der Waals surface area contributed by atoms with Crippen LogP contribution in [0.3, 0.4) is 0 Å². The van der Waals surface area contributed by atoms with Gasteiger partial charge in [0.2, 0.25) is 0 Å². The quantitative estimate of drug-likeness (QED) is 0.499. The van der Waals surface area contributed by atoms with Crippen molar-refractivity contribution in [3.8, 4) is 11.4 Å². The zero-order valence-electron chi connectivity index (χ0n) is 13.5. The van der Waals surface area contributed by atoms with Gasteiger partial charge < -0.3 is 14.0 Å². The zero-order valence-corrected chi connectivity index (χ0v) is 13.5. The van der Waals surface area contributed by atoms with Crippen molar-refractivity contribution in [3.05, 3.63) is 63.4 Å². The van der Waals surface area contributed by atoms with Crippen LogP contribution in [0.1, 0.15) is 22.8 Å². The maximum atomic E-state index is 12.9. The molecular formula is C19H14N2O4. The first-order valence-corrected chi connectivity index (χ1v) is 8.02. The lowest BCUT2D eigenvalue weighted by Gasteiger charge is -2.24. The predicted molar refractivity (Wildman–Crippen MR) is 90.1 cm³/mol. The average molecular weight is 334 g/mol. The molecule has 1 aromatic carbocycles. The van der Waals surface area contributed by atoms with Gasteiger partial charge in [-0.25, -0.2) is 9.78 Å². The van der Waals surface area contributed by atoms with Gasteiger partial charge in [-0.1, -0.05) is 18.2 Å². The molecule has 0 unspecified atom stereocenters. The van der Waals surface area contributed by atoms with Gasteiger partial charge in [-0.15, -0.1) is 0 Å². The van der Waals surface area contributed by atoms with Gasteiger partial charge in [0.15, 0.2) is 6.10 Å². The number of hydrogen-bond donors (Lipinski definition) is 0. The largest absolute Gasteiger partial charge is 0.458 e. The Balaban J connectivity index is 1.79. The molecule has 1 atom stereocenters. The van der Waals surface area contributed by atoms with E-state index in [1.165, 1.54) is 7.11 Å². The SMILES string of the molecule is CO[C@@H]1C(=O)OCc2c1cc1n(c2=O)Cc2cc3ccccc3nc2-1. The molecule has 0 saturated heterocycles. The fourth-order valence-electron chi connectivity index (χ4n) is 3.68. The van der Waals surface area contributed by atoms with Gasteiger partial charge in [-0.05, 0) is 18.2 Å². The fourth-order valence-corrected chi connectivity index (χ4v) is 3.68. The molecule has 2 aliphatic heterocycles. The van der Waals surface area contributed by atoms with Gasteiger partial charge in [0, 0.05) is 23.6 Å². The summed E-state index contributed by atoms with van der Waals surface area (Å²) in [7, 11) is 1.44. The van der Waals surface area contributed by atoms with E-state index in [0.29, 0.717) is 17.7 Å². The van der Waals surface area contributed by atoms with Crippen molar-refractivity contribution in [1.82, 2.24) is 9.55 Å². The van der Waals surface area contributed by atoms with Crippen LogP contribution >= 0.6 is 0 Å². The van der Waals surface area contributed by atoms with E-state index in [1.807, 2.05) is 30.3 Å². The number of benzene rings is 1. The average Bonchev–Trinajstić information content (AvgIpc) is 2.98.